The summed E-state index contributed by atoms with van der Waals surface area (Å²) in [5.74, 6) is 0. The zero-order valence-corrected chi connectivity index (χ0v) is 30.5. The van der Waals surface area contributed by atoms with E-state index >= 15 is 0 Å². The second kappa shape index (κ2) is 16.6. The van der Waals surface area contributed by atoms with E-state index < -0.39 is 0 Å². The molecule has 1 atom stereocenters. The Balaban J connectivity index is 1.20. The summed E-state index contributed by atoms with van der Waals surface area (Å²) >= 11 is 0. The number of hydrogen-bond donors (Lipinski definition) is 1. The lowest BCUT2D eigenvalue weighted by Gasteiger charge is -2.39. The molecule has 0 bridgehead atoms. The molecule has 4 aromatic rings. The van der Waals surface area contributed by atoms with E-state index in [1.54, 1.807) is 5.57 Å². The van der Waals surface area contributed by atoms with Crippen LogP contribution >= 0.6 is 0 Å². The van der Waals surface area contributed by atoms with Gasteiger partial charge in [-0.05, 0) is 133 Å². The Hall–Kier alpha value is -5.60. The van der Waals surface area contributed by atoms with Crippen LogP contribution in [-0.4, -0.2) is 10.9 Å². The molecule has 2 heteroatoms. The number of rotatable bonds is 9. The largest absolute Gasteiger partial charge is 0.355 e. The number of anilines is 2. The van der Waals surface area contributed by atoms with Crippen LogP contribution in [-0.2, 0) is 0 Å². The molecule has 0 radical (unpaired) electrons. The molecule has 1 N–H and O–H groups in total. The second-order valence-corrected chi connectivity index (χ2v) is 14.1. The fourth-order valence-corrected chi connectivity index (χ4v) is 7.83. The monoisotopic (exact) mass is 678 g/mol. The molecule has 1 aliphatic heterocycles. The van der Waals surface area contributed by atoms with E-state index in [9.17, 15) is 0 Å². The average molecular weight is 679 g/mol. The predicted octanol–water partition coefficient (Wildman–Crippen LogP) is 13.9. The molecule has 1 heterocycles. The normalized spacial score (nSPS) is 18.1. The SMILES string of the molecule is C=C(/C=C\C=C/C)c1cc(C2=CCC3=C(CCCC3)N(C3C=C(c4ccc(-c5ccccc5)cc4)CCC3)C(=C)C=C2)ccc1Nc1ccccc1. The molecule has 0 aromatic heterocycles. The van der Waals surface area contributed by atoms with E-state index in [4.69, 9.17) is 6.58 Å². The van der Waals surface area contributed by atoms with Crippen molar-refractivity contribution in [3.8, 4) is 11.1 Å². The summed E-state index contributed by atoms with van der Waals surface area (Å²) in [7, 11) is 0. The smallest absolute Gasteiger partial charge is 0.0524 e. The van der Waals surface area contributed by atoms with Crippen LogP contribution in [0.25, 0.3) is 27.8 Å². The van der Waals surface area contributed by atoms with Crippen LogP contribution in [0.3, 0.4) is 0 Å². The lowest BCUT2D eigenvalue weighted by Crippen LogP contribution is -2.35. The first-order valence-corrected chi connectivity index (χ1v) is 19.0. The van der Waals surface area contributed by atoms with Crippen LogP contribution < -0.4 is 5.32 Å². The van der Waals surface area contributed by atoms with Crippen molar-refractivity contribution in [2.24, 2.45) is 0 Å². The van der Waals surface area contributed by atoms with Crippen molar-refractivity contribution in [3.63, 3.8) is 0 Å². The molecule has 4 aromatic carbocycles. The van der Waals surface area contributed by atoms with Crippen LogP contribution in [0.2, 0.25) is 0 Å². The summed E-state index contributed by atoms with van der Waals surface area (Å²) in [5, 5.41) is 3.63. The second-order valence-electron chi connectivity index (χ2n) is 14.1. The van der Waals surface area contributed by atoms with Gasteiger partial charge < -0.3 is 10.2 Å². The van der Waals surface area contributed by atoms with E-state index in [0.29, 0.717) is 6.04 Å². The number of nitrogens with zero attached hydrogens (tertiary/aromatic N) is 1. The molecule has 2 nitrogen and oxygen atoms in total. The topological polar surface area (TPSA) is 15.3 Å². The molecule has 52 heavy (non-hydrogen) atoms. The van der Waals surface area contributed by atoms with Gasteiger partial charge in [0, 0.05) is 28.3 Å². The average Bonchev–Trinajstić information content (AvgIpc) is 3.26. The van der Waals surface area contributed by atoms with E-state index in [0.717, 1.165) is 60.3 Å². The van der Waals surface area contributed by atoms with Crippen molar-refractivity contribution in [2.75, 3.05) is 5.32 Å². The Labute approximate surface area is 311 Å². The van der Waals surface area contributed by atoms with Gasteiger partial charge in [0.05, 0.1) is 6.04 Å². The van der Waals surface area contributed by atoms with Crippen LogP contribution in [0.1, 0.15) is 75.0 Å². The van der Waals surface area contributed by atoms with Crippen molar-refractivity contribution in [1.82, 2.24) is 4.90 Å². The van der Waals surface area contributed by atoms with Crippen molar-refractivity contribution < 1.29 is 0 Å². The molecule has 0 fully saturated rings. The van der Waals surface area contributed by atoms with Crippen molar-refractivity contribution in [2.45, 2.75) is 64.3 Å². The van der Waals surface area contributed by atoms with E-state index in [1.165, 1.54) is 58.4 Å². The van der Waals surface area contributed by atoms with Gasteiger partial charge in [0.2, 0.25) is 0 Å². The molecule has 0 amide bonds. The summed E-state index contributed by atoms with van der Waals surface area (Å²) in [5.41, 5.74) is 16.0. The minimum atomic E-state index is 0.293. The summed E-state index contributed by atoms with van der Waals surface area (Å²) in [6.45, 7) is 11.2. The Morgan fingerprint density at radius 1 is 0.750 bits per heavy atom. The number of para-hydroxylation sites is 1. The molecule has 0 saturated heterocycles. The summed E-state index contributed by atoms with van der Waals surface area (Å²) in [4.78, 5) is 2.60. The zero-order chi connectivity index (χ0) is 35.7. The third kappa shape index (κ3) is 8.13. The van der Waals surface area contributed by atoms with Crippen molar-refractivity contribution in [3.05, 3.63) is 199 Å². The molecule has 3 aliphatic rings. The highest BCUT2D eigenvalue weighted by Crippen LogP contribution is 2.40. The molecule has 0 spiro atoms. The summed E-state index contributed by atoms with van der Waals surface area (Å²) in [6, 6.07) is 37.2. The van der Waals surface area contributed by atoms with Crippen molar-refractivity contribution in [1.29, 1.82) is 0 Å². The Morgan fingerprint density at radius 3 is 2.25 bits per heavy atom. The number of benzene rings is 4. The fourth-order valence-electron chi connectivity index (χ4n) is 7.83. The number of hydrogen-bond acceptors (Lipinski definition) is 2. The molecular formula is C50H50N2. The van der Waals surface area contributed by atoms with Crippen LogP contribution in [0.5, 0.6) is 0 Å². The molecular weight excluding hydrogens is 629 g/mol. The van der Waals surface area contributed by atoms with Gasteiger partial charge in [-0.3, -0.25) is 0 Å². The Morgan fingerprint density at radius 2 is 1.46 bits per heavy atom. The van der Waals surface area contributed by atoms with Gasteiger partial charge in [0.15, 0.2) is 0 Å². The van der Waals surface area contributed by atoms with Gasteiger partial charge in [0.25, 0.3) is 0 Å². The van der Waals surface area contributed by atoms with Crippen LogP contribution in [0.4, 0.5) is 11.4 Å². The zero-order valence-electron chi connectivity index (χ0n) is 30.5. The third-order valence-electron chi connectivity index (χ3n) is 10.6. The predicted molar refractivity (Wildman–Crippen MR) is 225 cm³/mol. The molecule has 0 saturated carbocycles. The summed E-state index contributed by atoms with van der Waals surface area (Å²) in [6.07, 6.45) is 26.8. The van der Waals surface area contributed by atoms with Gasteiger partial charge in [-0.1, -0.05) is 135 Å². The maximum atomic E-state index is 4.73. The highest BCUT2D eigenvalue weighted by atomic mass is 15.2. The standard InChI is InChI=1S/C50H50N2/c1-4-5-8-16-37(2)48-36-45(33-34-49(48)51-46-21-11-7-12-22-46)41-26-25-38(3)52(50-24-14-13-19-43(50)32-31-41)47-23-15-20-44(35-47)42-29-27-40(28-30-42)39-17-9-6-10-18-39/h4-12,16-18,21-22,25-31,33-36,47,51H,2-3,13-15,19-20,23-24,32H2,1H3/b5-4-,16-8-,26-25?,41-31?. The van der Waals surface area contributed by atoms with E-state index in [-0.39, 0.29) is 0 Å². The first-order valence-electron chi connectivity index (χ1n) is 19.0. The third-order valence-corrected chi connectivity index (χ3v) is 10.6. The van der Waals surface area contributed by atoms with Gasteiger partial charge >= 0.3 is 0 Å². The minimum absolute atomic E-state index is 0.293. The molecule has 2 aliphatic carbocycles. The molecule has 1 unspecified atom stereocenters. The lowest BCUT2D eigenvalue weighted by molar-refractivity contribution is 0.320. The Kier molecular flexibility index (Phi) is 11.1. The van der Waals surface area contributed by atoms with Gasteiger partial charge in [-0.2, -0.15) is 0 Å². The quantitative estimate of drug-likeness (QED) is 0.177. The van der Waals surface area contributed by atoms with E-state index in [2.05, 4.69) is 150 Å². The highest BCUT2D eigenvalue weighted by Gasteiger charge is 2.28. The maximum Gasteiger partial charge on any atom is 0.0524 e. The lowest BCUT2D eigenvalue weighted by atomic mass is 9.87. The van der Waals surface area contributed by atoms with Crippen molar-refractivity contribution >= 4 is 28.1 Å². The van der Waals surface area contributed by atoms with Crippen LogP contribution in [0.15, 0.2) is 182 Å². The first kappa shape index (κ1) is 34.8. The fraction of sp³-hybridized carbons (Fsp3) is 0.200. The number of allylic oxidation sites excluding steroid dienone is 12. The maximum absolute atomic E-state index is 4.73. The van der Waals surface area contributed by atoms with Gasteiger partial charge in [-0.15, -0.1) is 0 Å². The van der Waals surface area contributed by atoms with Crippen LogP contribution in [0, 0.1) is 0 Å². The van der Waals surface area contributed by atoms with E-state index in [1.807, 2.05) is 25.1 Å². The molecule has 7 rings (SSSR count). The Bertz CT molecular complexity index is 2080. The summed E-state index contributed by atoms with van der Waals surface area (Å²) < 4.78 is 0. The molecule has 260 valence electrons. The minimum Gasteiger partial charge on any atom is -0.355 e. The van der Waals surface area contributed by atoms with Gasteiger partial charge in [0.1, 0.15) is 0 Å². The highest BCUT2D eigenvalue weighted by molar-refractivity contribution is 5.87. The first-order chi connectivity index (χ1) is 25.6. The number of nitrogens with one attached hydrogen (secondary N) is 1. The van der Waals surface area contributed by atoms with Gasteiger partial charge in [-0.25, -0.2) is 0 Å².